The Bertz CT molecular complexity index is 563. The minimum atomic E-state index is 0.215. The number of hydrogen-bond donors (Lipinski definition) is 0. The molecule has 0 heterocycles. The van der Waals surface area contributed by atoms with Crippen LogP contribution in [0.4, 0.5) is 0 Å². The predicted octanol–water partition coefficient (Wildman–Crippen LogP) is 6.12. The molecule has 0 aliphatic heterocycles. The van der Waals surface area contributed by atoms with Crippen LogP contribution in [-0.2, 0) is 0 Å². The summed E-state index contributed by atoms with van der Waals surface area (Å²) in [6.07, 6.45) is 10.6. The topological polar surface area (TPSA) is 48.8 Å². The molecule has 7 atom stereocenters. The van der Waals surface area contributed by atoms with Crippen molar-refractivity contribution in [2.45, 2.75) is 65.2 Å². The van der Waals surface area contributed by atoms with Gasteiger partial charge in [-0.15, -0.1) is 0 Å². The maximum Gasteiger partial charge on any atom is 0.0320 e. The van der Waals surface area contributed by atoms with Crippen molar-refractivity contribution >= 4 is 0 Å². The van der Waals surface area contributed by atoms with Crippen LogP contribution in [0.2, 0.25) is 0 Å². The highest BCUT2D eigenvalue weighted by Gasteiger charge is 2.62. The molecule has 3 heteroatoms. The standard InChI is InChI=1S/C20H31N3/c1-13-5-6-15-14(2)11-20(12-22-23-21)9-4-8-19(3)10-7-16(13)17(15)18(19)20/h13,15-18H,2,4-12H2,1,3H3. The van der Waals surface area contributed by atoms with Gasteiger partial charge in [0.1, 0.15) is 0 Å². The molecule has 0 aromatic rings. The average molecular weight is 313 g/mol. The Morgan fingerprint density at radius 1 is 1.26 bits per heavy atom. The second-order valence-corrected chi connectivity index (χ2v) is 9.51. The first-order valence-electron chi connectivity index (χ1n) is 9.69. The number of hydrogen-bond acceptors (Lipinski definition) is 1. The summed E-state index contributed by atoms with van der Waals surface area (Å²) in [5, 5.41) is 4.12. The van der Waals surface area contributed by atoms with Crippen LogP contribution in [-0.4, -0.2) is 6.54 Å². The zero-order chi connectivity index (χ0) is 16.2. The van der Waals surface area contributed by atoms with Gasteiger partial charge < -0.3 is 0 Å². The molecule has 0 aromatic carbocycles. The Labute approximate surface area is 140 Å². The lowest BCUT2D eigenvalue weighted by Gasteiger charge is -2.67. The summed E-state index contributed by atoms with van der Waals surface area (Å²) in [6.45, 7) is 10.3. The minimum absolute atomic E-state index is 0.215. The van der Waals surface area contributed by atoms with Crippen molar-refractivity contribution < 1.29 is 0 Å². The van der Waals surface area contributed by atoms with E-state index in [0.29, 0.717) is 12.0 Å². The van der Waals surface area contributed by atoms with Crippen LogP contribution in [0.15, 0.2) is 17.3 Å². The first kappa shape index (κ1) is 15.6. The molecule has 0 N–H and O–H groups in total. The second kappa shape index (κ2) is 5.28. The zero-order valence-corrected chi connectivity index (χ0v) is 14.8. The van der Waals surface area contributed by atoms with Crippen LogP contribution in [0.5, 0.6) is 0 Å². The van der Waals surface area contributed by atoms with Gasteiger partial charge in [-0.2, -0.15) is 0 Å². The number of azide groups is 1. The van der Waals surface area contributed by atoms with Gasteiger partial charge in [0.05, 0.1) is 0 Å². The molecule has 0 aromatic heterocycles. The van der Waals surface area contributed by atoms with Gasteiger partial charge in [-0.25, -0.2) is 0 Å². The van der Waals surface area contributed by atoms with Gasteiger partial charge in [-0.05, 0) is 90.9 Å². The van der Waals surface area contributed by atoms with Crippen molar-refractivity contribution in [3.63, 3.8) is 0 Å². The van der Waals surface area contributed by atoms with Gasteiger partial charge in [0.25, 0.3) is 0 Å². The zero-order valence-electron chi connectivity index (χ0n) is 14.8. The first-order valence-corrected chi connectivity index (χ1v) is 9.69. The Kier molecular flexibility index (Phi) is 3.57. The van der Waals surface area contributed by atoms with Crippen LogP contribution < -0.4 is 0 Å². The smallest absolute Gasteiger partial charge is 0.0320 e. The third-order valence-corrected chi connectivity index (χ3v) is 8.44. The lowest BCUT2D eigenvalue weighted by atomic mass is 9.38. The highest BCUT2D eigenvalue weighted by atomic mass is 15.1. The fraction of sp³-hybridized carbons (Fsp3) is 0.900. The maximum absolute atomic E-state index is 8.96. The first-order chi connectivity index (χ1) is 11.0. The van der Waals surface area contributed by atoms with Crippen LogP contribution >= 0.6 is 0 Å². The molecule has 4 rings (SSSR count). The summed E-state index contributed by atoms with van der Waals surface area (Å²) in [5.74, 6) is 4.07. The van der Waals surface area contributed by atoms with Crippen molar-refractivity contribution in [2.24, 2.45) is 45.5 Å². The predicted molar refractivity (Wildman–Crippen MR) is 93.8 cm³/mol. The van der Waals surface area contributed by atoms with Crippen molar-refractivity contribution in [1.82, 2.24) is 0 Å². The third kappa shape index (κ3) is 2.12. The van der Waals surface area contributed by atoms with Gasteiger partial charge in [0.15, 0.2) is 0 Å². The molecule has 0 bridgehead atoms. The van der Waals surface area contributed by atoms with E-state index < -0.39 is 0 Å². The molecule has 4 fully saturated rings. The molecule has 4 aliphatic rings. The van der Waals surface area contributed by atoms with Crippen molar-refractivity contribution in [1.29, 1.82) is 0 Å². The van der Waals surface area contributed by atoms with E-state index in [0.717, 1.165) is 36.0 Å². The van der Waals surface area contributed by atoms with Gasteiger partial charge in [-0.3, -0.25) is 0 Å². The quantitative estimate of drug-likeness (QED) is 0.255. The van der Waals surface area contributed by atoms with Crippen LogP contribution in [0.25, 0.3) is 10.4 Å². The van der Waals surface area contributed by atoms with Crippen LogP contribution in [0.3, 0.4) is 0 Å². The molecule has 7 unspecified atom stereocenters. The van der Waals surface area contributed by atoms with Crippen molar-refractivity contribution in [3.05, 3.63) is 22.6 Å². The van der Waals surface area contributed by atoms with E-state index in [2.05, 4.69) is 30.5 Å². The molecule has 0 radical (unpaired) electrons. The summed E-state index contributed by atoms with van der Waals surface area (Å²) in [5.41, 5.74) is 11.1. The molecule has 0 amide bonds. The average Bonchev–Trinajstić information content (AvgIpc) is 2.52. The summed E-state index contributed by atoms with van der Waals surface area (Å²) < 4.78 is 0. The largest absolute Gasteiger partial charge is 0.0995 e. The Morgan fingerprint density at radius 3 is 2.87 bits per heavy atom. The lowest BCUT2D eigenvalue weighted by molar-refractivity contribution is -0.158. The van der Waals surface area contributed by atoms with Gasteiger partial charge >= 0.3 is 0 Å². The number of rotatable bonds is 2. The van der Waals surface area contributed by atoms with Crippen molar-refractivity contribution in [3.8, 4) is 0 Å². The summed E-state index contributed by atoms with van der Waals surface area (Å²) in [4.78, 5) is 3.14. The van der Waals surface area contributed by atoms with Crippen LogP contribution in [0, 0.1) is 40.4 Å². The highest BCUT2D eigenvalue weighted by molar-refractivity contribution is 5.22. The van der Waals surface area contributed by atoms with E-state index in [4.69, 9.17) is 5.53 Å². The molecule has 126 valence electrons. The Morgan fingerprint density at radius 2 is 2.09 bits per heavy atom. The highest BCUT2D eigenvalue weighted by Crippen LogP contribution is 2.70. The summed E-state index contributed by atoms with van der Waals surface area (Å²) in [6, 6.07) is 0. The number of nitrogens with zero attached hydrogens (tertiary/aromatic N) is 3. The lowest BCUT2D eigenvalue weighted by Crippen LogP contribution is -2.61. The number of allylic oxidation sites excluding steroid dienone is 1. The second-order valence-electron chi connectivity index (χ2n) is 9.51. The van der Waals surface area contributed by atoms with Crippen molar-refractivity contribution in [2.75, 3.05) is 6.54 Å². The monoisotopic (exact) mass is 313 g/mol. The SMILES string of the molecule is C=C1CC2(CN=[N+]=[N-])CCCC3(C)CCC4C(C)CCC1C4C32. The minimum Gasteiger partial charge on any atom is -0.0995 e. The summed E-state index contributed by atoms with van der Waals surface area (Å²) >= 11 is 0. The van der Waals surface area contributed by atoms with E-state index >= 15 is 0 Å². The molecule has 0 saturated heterocycles. The summed E-state index contributed by atoms with van der Waals surface area (Å²) in [7, 11) is 0. The van der Waals surface area contributed by atoms with E-state index in [-0.39, 0.29) is 5.41 Å². The molecule has 3 nitrogen and oxygen atoms in total. The van der Waals surface area contributed by atoms with Gasteiger partial charge in [0, 0.05) is 11.5 Å². The molecule has 0 spiro atoms. The van der Waals surface area contributed by atoms with E-state index in [1.165, 1.54) is 50.5 Å². The maximum atomic E-state index is 8.96. The van der Waals surface area contributed by atoms with E-state index in [9.17, 15) is 0 Å². The normalized spacial score (nSPS) is 51.6. The van der Waals surface area contributed by atoms with E-state index in [1.807, 2.05) is 0 Å². The molecule has 4 aliphatic carbocycles. The van der Waals surface area contributed by atoms with E-state index in [1.54, 1.807) is 0 Å². The molecule has 4 saturated carbocycles. The fourth-order valence-corrected chi connectivity index (χ4v) is 7.69. The van der Waals surface area contributed by atoms with Gasteiger partial charge in [-0.1, -0.05) is 37.5 Å². The van der Waals surface area contributed by atoms with Crippen LogP contribution in [0.1, 0.15) is 65.2 Å². The Balaban J connectivity index is 1.82. The fourth-order valence-electron chi connectivity index (χ4n) is 7.69. The molecular formula is C20H31N3. The van der Waals surface area contributed by atoms with Gasteiger partial charge in [0.2, 0.25) is 0 Å². The molecule has 23 heavy (non-hydrogen) atoms. The molecular weight excluding hydrogens is 282 g/mol. The Hall–Kier alpha value is -0.950. The third-order valence-electron chi connectivity index (χ3n) is 8.44.